The lowest BCUT2D eigenvalue weighted by Crippen LogP contribution is -2.23. The van der Waals surface area contributed by atoms with Crippen LogP contribution in [0.1, 0.15) is 30.6 Å². The van der Waals surface area contributed by atoms with Crippen molar-refractivity contribution in [2.24, 2.45) is 0 Å². The minimum atomic E-state index is -4.01. The average molecular weight is 456 g/mol. The molecular weight excluding hydrogens is 433 g/mol. The zero-order valence-electron chi connectivity index (χ0n) is 16.5. The lowest BCUT2D eigenvalue weighted by atomic mass is 10.2. The van der Waals surface area contributed by atoms with E-state index in [1.165, 1.54) is 0 Å². The van der Waals surface area contributed by atoms with Gasteiger partial charge in [-0.25, -0.2) is 21.2 Å². The standard InChI is InChI=1S/C20H22FNO6S2/c1-13(2)28-15-5-3-14(4-6-15)22-20(23)18-11-16(7-8-19(18)21)30(26,27)17-9-10-29(24,25)12-17/h3-8,11,13,17H,9-10,12H2,1-2H3,(H,22,23). The first-order chi connectivity index (χ1) is 14.0. The molecule has 0 bridgehead atoms. The fourth-order valence-electron chi connectivity index (χ4n) is 3.14. The summed E-state index contributed by atoms with van der Waals surface area (Å²) in [7, 11) is -7.43. The van der Waals surface area contributed by atoms with Crippen LogP contribution in [0, 0.1) is 5.82 Å². The second-order valence-corrected chi connectivity index (χ2v) is 11.8. The predicted molar refractivity (Wildman–Crippen MR) is 111 cm³/mol. The van der Waals surface area contributed by atoms with E-state index in [9.17, 15) is 26.0 Å². The molecule has 30 heavy (non-hydrogen) atoms. The number of carbonyl (C=O) groups is 1. The van der Waals surface area contributed by atoms with Crippen LogP contribution in [0.25, 0.3) is 0 Å². The highest BCUT2D eigenvalue weighted by atomic mass is 32.2. The molecular formula is C20H22FNO6S2. The highest BCUT2D eigenvalue weighted by Crippen LogP contribution is 2.27. The van der Waals surface area contributed by atoms with Crippen LogP contribution in [0.5, 0.6) is 5.75 Å². The zero-order valence-corrected chi connectivity index (χ0v) is 18.1. The smallest absolute Gasteiger partial charge is 0.258 e. The summed E-state index contributed by atoms with van der Waals surface area (Å²) in [4.78, 5) is 12.2. The number of amides is 1. The third-order valence-electron chi connectivity index (χ3n) is 4.62. The summed E-state index contributed by atoms with van der Waals surface area (Å²) in [5, 5.41) is 1.42. The van der Waals surface area contributed by atoms with Gasteiger partial charge >= 0.3 is 0 Å². The number of rotatable bonds is 6. The van der Waals surface area contributed by atoms with E-state index in [1.807, 2.05) is 13.8 Å². The van der Waals surface area contributed by atoms with Gasteiger partial charge in [-0.05, 0) is 62.7 Å². The van der Waals surface area contributed by atoms with E-state index < -0.39 is 48.0 Å². The number of ether oxygens (including phenoxy) is 1. The normalized spacial score (nSPS) is 18.3. The molecule has 1 atom stereocenters. The molecule has 0 saturated carbocycles. The van der Waals surface area contributed by atoms with Gasteiger partial charge in [-0.1, -0.05) is 0 Å². The predicted octanol–water partition coefficient (Wildman–Crippen LogP) is 2.83. The highest BCUT2D eigenvalue weighted by molar-refractivity contribution is 7.96. The molecule has 0 aliphatic carbocycles. The number of halogens is 1. The van der Waals surface area contributed by atoms with Crippen molar-refractivity contribution in [2.45, 2.75) is 36.5 Å². The quantitative estimate of drug-likeness (QED) is 0.672. The summed E-state index contributed by atoms with van der Waals surface area (Å²) in [6.45, 7) is 3.75. The Labute approximate surface area is 175 Å². The van der Waals surface area contributed by atoms with Crippen LogP contribution in [-0.2, 0) is 19.7 Å². The van der Waals surface area contributed by atoms with Crippen LogP contribution in [0.2, 0.25) is 0 Å². The average Bonchev–Trinajstić information content (AvgIpc) is 3.03. The van der Waals surface area contributed by atoms with Gasteiger partial charge in [-0.3, -0.25) is 4.79 Å². The van der Waals surface area contributed by atoms with Crippen molar-refractivity contribution < 1.29 is 30.8 Å². The zero-order chi connectivity index (χ0) is 22.1. The number of hydrogen-bond acceptors (Lipinski definition) is 6. The molecule has 1 aliphatic rings. The Balaban J connectivity index is 1.82. The number of hydrogen-bond donors (Lipinski definition) is 1. The molecule has 1 N–H and O–H groups in total. The minimum absolute atomic E-state index is 0.0147. The fraction of sp³-hybridized carbons (Fsp3) is 0.350. The fourth-order valence-corrected chi connectivity index (χ4v) is 7.53. The summed E-state index contributed by atoms with van der Waals surface area (Å²) in [6, 6.07) is 9.34. The molecule has 3 rings (SSSR count). The molecule has 2 aromatic rings. The van der Waals surface area contributed by atoms with E-state index in [-0.39, 0.29) is 23.2 Å². The maximum Gasteiger partial charge on any atom is 0.258 e. The Morgan fingerprint density at radius 1 is 1.17 bits per heavy atom. The van der Waals surface area contributed by atoms with Crippen molar-refractivity contribution in [3.63, 3.8) is 0 Å². The monoisotopic (exact) mass is 455 g/mol. The molecule has 1 aliphatic heterocycles. The molecule has 162 valence electrons. The molecule has 2 aromatic carbocycles. The molecule has 7 nitrogen and oxygen atoms in total. The molecule has 0 radical (unpaired) electrons. The van der Waals surface area contributed by atoms with Gasteiger partial charge in [0.15, 0.2) is 19.7 Å². The highest BCUT2D eigenvalue weighted by Gasteiger charge is 2.38. The van der Waals surface area contributed by atoms with Crippen molar-refractivity contribution in [1.82, 2.24) is 0 Å². The van der Waals surface area contributed by atoms with E-state index in [4.69, 9.17) is 4.74 Å². The van der Waals surface area contributed by atoms with E-state index in [0.717, 1.165) is 18.2 Å². The number of benzene rings is 2. The van der Waals surface area contributed by atoms with Crippen molar-refractivity contribution in [1.29, 1.82) is 0 Å². The third kappa shape index (κ3) is 4.99. The van der Waals surface area contributed by atoms with Gasteiger partial charge in [-0.2, -0.15) is 0 Å². The van der Waals surface area contributed by atoms with Crippen LogP contribution >= 0.6 is 0 Å². The summed E-state index contributed by atoms with van der Waals surface area (Å²) in [5.41, 5.74) is -0.0647. The first kappa shape index (κ1) is 22.2. The van der Waals surface area contributed by atoms with Crippen LogP contribution < -0.4 is 10.1 Å². The first-order valence-electron chi connectivity index (χ1n) is 9.30. The molecule has 1 amide bonds. The number of sulfone groups is 2. The first-order valence-corrected chi connectivity index (χ1v) is 12.7. The van der Waals surface area contributed by atoms with Crippen molar-refractivity contribution in [2.75, 3.05) is 16.8 Å². The maximum absolute atomic E-state index is 14.2. The Hall–Kier alpha value is -2.46. The van der Waals surface area contributed by atoms with E-state index in [1.54, 1.807) is 24.3 Å². The van der Waals surface area contributed by atoms with Crippen LogP contribution in [-0.4, -0.2) is 45.6 Å². The lowest BCUT2D eigenvalue weighted by molar-refractivity contribution is 0.102. The number of nitrogens with one attached hydrogen (secondary N) is 1. The maximum atomic E-state index is 14.2. The Morgan fingerprint density at radius 3 is 2.40 bits per heavy atom. The van der Waals surface area contributed by atoms with Crippen LogP contribution in [0.3, 0.4) is 0 Å². The summed E-state index contributed by atoms with van der Waals surface area (Å²) < 4.78 is 68.6. The van der Waals surface area contributed by atoms with E-state index >= 15 is 0 Å². The minimum Gasteiger partial charge on any atom is -0.491 e. The summed E-state index contributed by atoms with van der Waals surface area (Å²) in [5.74, 6) is -1.78. The van der Waals surface area contributed by atoms with E-state index in [0.29, 0.717) is 11.4 Å². The lowest BCUT2D eigenvalue weighted by Gasteiger charge is -2.13. The van der Waals surface area contributed by atoms with Gasteiger partial charge < -0.3 is 10.1 Å². The second kappa shape index (κ2) is 8.35. The van der Waals surface area contributed by atoms with Crippen LogP contribution in [0.4, 0.5) is 10.1 Å². The molecule has 0 spiro atoms. The summed E-state index contributed by atoms with van der Waals surface area (Å²) in [6.07, 6.45) is -0.0342. The molecule has 10 heteroatoms. The van der Waals surface area contributed by atoms with Crippen molar-refractivity contribution in [3.8, 4) is 5.75 Å². The van der Waals surface area contributed by atoms with Crippen LogP contribution in [0.15, 0.2) is 47.4 Å². The Morgan fingerprint density at radius 2 is 1.83 bits per heavy atom. The SMILES string of the molecule is CC(C)Oc1ccc(NC(=O)c2cc(S(=O)(=O)C3CCS(=O)(=O)C3)ccc2F)cc1. The van der Waals surface area contributed by atoms with Gasteiger partial charge in [0, 0.05) is 5.69 Å². The van der Waals surface area contributed by atoms with Gasteiger partial charge in [0.05, 0.1) is 33.3 Å². The molecule has 0 aromatic heterocycles. The summed E-state index contributed by atoms with van der Waals surface area (Å²) >= 11 is 0. The Kier molecular flexibility index (Phi) is 6.19. The van der Waals surface area contributed by atoms with E-state index in [2.05, 4.69) is 5.32 Å². The second-order valence-electron chi connectivity index (χ2n) is 7.36. The molecule has 1 heterocycles. The van der Waals surface area contributed by atoms with Gasteiger partial charge in [0.1, 0.15) is 11.6 Å². The molecule has 1 fully saturated rings. The molecule has 1 unspecified atom stereocenters. The third-order valence-corrected chi connectivity index (χ3v) is 8.79. The number of carbonyl (C=O) groups excluding carboxylic acids is 1. The Bertz CT molecular complexity index is 1160. The molecule has 1 saturated heterocycles. The van der Waals surface area contributed by atoms with Gasteiger partial charge in [0.2, 0.25) is 0 Å². The van der Waals surface area contributed by atoms with Gasteiger partial charge in [-0.15, -0.1) is 0 Å². The van der Waals surface area contributed by atoms with Gasteiger partial charge in [0.25, 0.3) is 5.91 Å². The van der Waals surface area contributed by atoms with Crippen molar-refractivity contribution >= 4 is 31.3 Å². The van der Waals surface area contributed by atoms with Crippen molar-refractivity contribution in [3.05, 3.63) is 53.8 Å². The number of anilines is 1. The largest absolute Gasteiger partial charge is 0.491 e. The topological polar surface area (TPSA) is 107 Å².